The van der Waals surface area contributed by atoms with Gasteiger partial charge in [0.25, 0.3) is 0 Å². The van der Waals surface area contributed by atoms with Crippen LogP contribution in [0.5, 0.6) is 0 Å². The minimum atomic E-state index is -0.225. The second kappa shape index (κ2) is 6.48. The molecule has 120 valence electrons. The van der Waals surface area contributed by atoms with Crippen LogP contribution >= 0.6 is 0 Å². The summed E-state index contributed by atoms with van der Waals surface area (Å²) in [5.74, 6) is 0.927. The summed E-state index contributed by atoms with van der Waals surface area (Å²) >= 11 is 0. The van der Waals surface area contributed by atoms with Gasteiger partial charge in [-0.25, -0.2) is 0 Å². The molecule has 4 rings (SSSR count). The molecule has 5 atom stereocenters. The first-order valence-electron chi connectivity index (χ1n) is 8.10. The van der Waals surface area contributed by atoms with E-state index in [1.54, 1.807) is 0 Å². The Morgan fingerprint density at radius 3 is 1.05 bits per heavy atom. The van der Waals surface area contributed by atoms with Gasteiger partial charge in [0.05, 0.1) is 19.8 Å². The van der Waals surface area contributed by atoms with Crippen LogP contribution in [0.4, 0.5) is 0 Å². The van der Waals surface area contributed by atoms with Gasteiger partial charge in [0.2, 0.25) is 0 Å². The molecule has 6 heteroatoms. The molecular formula is C15H24O6. The second-order valence-corrected chi connectivity index (χ2v) is 6.38. The Kier molecular flexibility index (Phi) is 4.43. The van der Waals surface area contributed by atoms with Crippen LogP contribution < -0.4 is 0 Å². The zero-order valence-electron chi connectivity index (χ0n) is 12.3. The second-order valence-electron chi connectivity index (χ2n) is 6.38. The molecule has 0 radical (unpaired) electrons. The van der Waals surface area contributed by atoms with Crippen LogP contribution in [0.1, 0.15) is 19.3 Å². The lowest BCUT2D eigenvalue weighted by molar-refractivity contribution is -0.412. The average molecular weight is 300 g/mol. The summed E-state index contributed by atoms with van der Waals surface area (Å²) < 4.78 is 34.7. The summed E-state index contributed by atoms with van der Waals surface area (Å²) in [6.07, 6.45) is 2.30. The van der Waals surface area contributed by atoms with Crippen LogP contribution in [-0.2, 0) is 28.4 Å². The van der Waals surface area contributed by atoms with Crippen LogP contribution in [0.3, 0.4) is 0 Å². The van der Waals surface area contributed by atoms with Gasteiger partial charge < -0.3 is 28.4 Å². The van der Waals surface area contributed by atoms with E-state index in [4.69, 9.17) is 28.4 Å². The first-order chi connectivity index (χ1) is 10.4. The minimum Gasteiger partial charge on any atom is -0.381 e. The molecule has 2 unspecified atom stereocenters. The van der Waals surface area contributed by atoms with E-state index in [1.165, 1.54) is 0 Å². The highest BCUT2D eigenvalue weighted by Gasteiger charge is 2.44. The van der Waals surface area contributed by atoms with E-state index in [9.17, 15) is 0 Å². The predicted octanol–water partition coefficient (Wildman–Crippen LogP) is 1.14. The molecule has 0 spiro atoms. The topological polar surface area (TPSA) is 55.4 Å². The fraction of sp³-hybridized carbons (Fsp3) is 1.00. The Labute approximate surface area is 125 Å². The van der Waals surface area contributed by atoms with Crippen LogP contribution in [0.2, 0.25) is 0 Å². The highest BCUT2D eigenvalue weighted by atomic mass is 16.9. The highest BCUT2D eigenvalue weighted by molar-refractivity contribution is 4.79. The van der Waals surface area contributed by atoms with Crippen LogP contribution in [-0.4, -0.2) is 58.5 Å². The summed E-state index contributed by atoms with van der Waals surface area (Å²) in [6, 6.07) is 0. The SMILES string of the molecule is C1C[C@@H](C2OC([C@H]3CCOC3)OC([C@H]3CCOC3)O2)CO1. The molecule has 4 heterocycles. The molecule has 0 aliphatic carbocycles. The van der Waals surface area contributed by atoms with Crippen molar-refractivity contribution < 1.29 is 28.4 Å². The van der Waals surface area contributed by atoms with Crippen molar-refractivity contribution in [3.05, 3.63) is 0 Å². The molecule has 4 aliphatic rings. The third-order valence-corrected chi connectivity index (χ3v) is 4.85. The molecule has 4 fully saturated rings. The lowest BCUT2D eigenvalue weighted by Gasteiger charge is -2.41. The maximum absolute atomic E-state index is 6.10. The van der Waals surface area contributed by atoms with E-state index < -0.39 is 0 Å². The van der Waals surface area contributed by atoms with Gasteiger partial charge in [0.15, 0.2) is 18.9 Å². The third-order valence-electron chi connectivity index (χ3n) is 4.85. The van der Waals surface area contributed by atoms with Gasteiger partial charge in [0.1, 0.15) is 0 Å². The zero-order chi connectivity index (χ0) is 14.1. The fourth-order valence-corrected chi connectivity index (χ4v) is 3.46. The van der Waals surface area contributed by atoms with Gasteiger partial charge in [0, 0.05) is 37.6 Å². The molecule has 0 bridgehead atoms. The highest BCUT2D eigenvalue weighted by Crippen LogP contribution is 2.35. The Hall–Kier alpha value is -0.240. The van der Waals surface area contributed by atoms with Gasteiger partial charge in [-0.1, -0.05) is 0 Å². The van der Waals surface area contributed by atoms with Crippen molar-refractivity contribution in [1.82, 2.24) is 0 Å². The smallest absolute Gasteiger partial charge is 0.168 e. The maximum Gasteiger partial charge on any atom is 0.168 e. The molecular weight excluding hydrogens is 276 g/mol. The van der Waals surface area contributed by atoms with Crippen molar-refractivity contribution in [3.63, 3.8) is 0 Å². The first-order valence-corrected chi connectivity index (χ1v) is 8.10. The molecule has 0 amide bonds. The molecule has 4 aliphatic heterocycles. The summed E-state index contributed by atoms with van der Waals surface area (Å²) in [5, 5.41) is 0. The third kappa shape index (κ3) is 3.11. The van der Waals surface area contributed by atoms with Gasteiger partial charge in [-0.2, -0.15) is 0 Å². The standard InChI is InChI=1S/C15H24O6/c1-4-16-7-10(1)13-19-14(11-2-5-17-8-11)21-15(20-13)12-3-6-18-9-12/h10-15H,1-9H2/t10-,11-,12+,13?,14?,15?/m0/s1. The molecule has 6 nitrogen and oxygen atoms in total. The summed E-state index contributed by atoms with van der Waals surface area (Å²) in [7, 11) is 0. The van der Waals surface area contributed by atoms with E-state index in [1.807, 2.05) is 0 Å². The number of rotatable bonds is 3. The van der Waals surface area contributed by atoms with Gasteiger partial charge >= 0.3 is 0 Å². The van der Waals surface area contributed by atoms with Crippen LogP contribution in [0.25, 0.3) is 0 Å². The Bertz CT molecular complexity index is 275. The van der Waals surface area contributed by atoms with Crippen LogP contribution in [0.15, 0.2) is 0 Å². The molecule has 4 saturated heterocycles. The van der Waals surface area contributed by atoms with E-state index in [-0.39, 0.29) is 18.9 Å². The van der Waals surface area contributed by atoms with E-state index in [2.05, 4.69) is 0 Å². The van der Waals surface area contributed by atoms with Gasteiger partial charge in [-0.15, -0.1) is 0 Å². The largest absolute Gasteiger partial charge is 0.381 e. The van der Waals surface area contributed by atoms with Crippen molar-refractivity contribution in [2.45, 2.75) is 38.1 Å². The molecule has 0 aromatic heterocycles. The van der Waals surface area contributed by atoms with Crippen LogP contribution in [0, 0.1) is 17.8 Å². The van der Waals surface area contributed by atoms with Crippen molar-refractivity contribution >= 4 is 0 Å². The lowest BCUT2D eigenvalue weighted by atomic mass is 10.0. The van der Waals surface area contributed by atoms with Crippen molar-refractivity contribution in [3.8, 4) is 0 Å². The average Bonchev–Trinajstić information content (AvgIpc) is 3.29. The molecule has 0 aromatic rings. The van der Waals surface area contributed by atoms with Crippen molar-refractivity contribution in [2.24, 2.45) is 17.8 Å². The molecule has 0 saturated carbocycles. The van der Waals surface area contributed by atoms with E-state index in [0.29, 0.717) is 37.6 Å². The summed E-state index contributed by atoms with van der Waals surface area (Å²) in [5.41, 5.74) is 0. The number of ether oxygens (including phenoxy) is 6. The van der Waals surface area contributed by atoms with E-state index >= 15 is 0 Å². The Morgan fingerprint density at radius 1 is 0.476 bits per heavy atom. The summed E-state index contributed by atoms with van der Waals surface area (Å²) in [6.45, 7) is 4.53. The monoisotopic (exact) mass is 300 g/mol. The van der Waals surface area contributed by atoms with Gasteiger partial charge in [-0.3, -0.25) is 0 Å². The molecule has 0 N–H and O–H groups in total. The van der Waals surface area contributed by atoms with E-state index in [0.717, 1.165) is 39.1 Å². The lowest BCUT2D eigenvalue weighted by Crippen LogP contribution is -2.49. The van der Waals surface area contributed by atoms with Crippen molar-refractivity contribution in [2.75, 3.05) is 39.6 Å². The molecule has 21 heavy (non-hydrogen) atoms. The quantitative estimate of drug-likeness (QED) is 0.779. The first kappa shape index (κ1) is 14.4. The van der Waals surface area contributed by atoms with Crippen molar-refractivity contribution in [1.29, 1.82) is 0 Å². The molecule has 0 aromatic carbocycles. The fourth-order valence-electron chi connectivity index (χ4n) is 3.46. The number of hydrogen-bond donors (Lipinski definition) is 0. The van der Waals surface area contributed by atoms with Gasteiger partial charge in [-0.05, 0) is 19.3 Å². The normalized spacial score (nSPS) is 48.0. The maximum atomic E-state index is 6.10. The Morgan fingerprint density at radius 2 is 0.810 bits per heavy atom. The Balaban J connectivity index is 1.45. The minimum absolute atomic E-state index is 0.225. The number of hydrogen-bond acceptors (Lipinski definition) is 6. The predicted molar refractivity (Wildman–Crippen MR) is 71.4 cm³/mol. The zero-order valence-corrected chi connectivity index (χ0v) is 12.3. The summed E-state index contributed by atoms with van der Waals surface area (Å²) in [4.78, 5) is 0.